The van der Waals surface area contributed by atoms with Crippen LogP contribution in [0.2, 0.25) is 0 Å². The third-order valence-electron chi connectivity index (χ3n) is 3.31. The summed E-state index contributed by atoms with van der Waals surface area (Å²) in [6, 6.07) is 6.17. The summed E-state index contributed by atoms with van der Waals surface area (Å²) in [7, 11) is 0. The summed E-state index contributed by atoms with van der Waals surface area (Å²) in [4.78, 5) is 14.6. The van der Waals surface area contributed by atoms with Gasteiger partial charge in [0, 0.05) is 18.0 Å². The highest BCUT2D eigenvalue weighted by molar-refractivity contribution is 8.00. The van der Waals surface area contributed by atoms with Crippen LogP contribution in [0, 0.1) is 13.8 Å². The van der Waals surface area contributed by atoms with Crippen LogP contribution < -0.4 is 0 Å². The zero-order valence-electron chi connectivity index (χ0n) is 11.2. The summed E-state index contributed by atoms with van der Waals surface area (Å²) in [5.74, 6) is 0.297. The lowest BCUT2D eigenvalue weighted by Crippen LogP contribution is -2.31. The van der Waals surface area contributed by atoms with Crippen molar-refractivity contribution in [2.24, 2.45) is 0 Å². The van der Waals surface area contributed by atoms with E-state index in [4.69, 9.17) is 0 Å². The van der Waals surface area contributed by atoms with Gasteiger partial charge in [-0.1, -0.05) is 17.7 Å². The van der Waals surface area contributed by atoms with Crippen molar-refractivity contribution in [1.82, 2.24) is 4.90 Å². The Kier molecular flexibility index (Phi) is 4.50. The number of rotatable bonds is 3. The Hall–Kier alpha value is -1.04. The van der Waals surface area contributed by atoms with Gasteiger partial charge in [0.1, 0.15) is 0 Å². The van der Waals surface area contributed by atoms with Crippen LogP contribution in [0.1, 0.15) is 11.1 Å². The van der Waals surface area contributed by atoms with Crippen molar-refractivity contribution in [3.63, 3.8) is 0 Å². The molecule has 1 aliphatic rings. The van der Waals surface area contributed by atoms with E-state index in [9.17, 15) is 15.0 Å². The van der Waals surface area contributed by atoms with Gasteiger partial charge in [0.25, 0.3) is 0 Å². The first-order valence-corrected chi connectivity index (χ1v) is 7.30. The predicted molar refractivity (Wildman–Crippen MR) is 75.2 cm³/mol. The number of nitrogens with zero attached hydrogens (tertiary/aromatic N) is 1. The van der Waals surface area contributed by atoms with Crippen LogP contribution in [0.25, 0.3) is 0 Å². The van der Waals surface area contributed by atoms with Gasteiger partial charge in [-0.15, -0.1) is 11.8 Å². The second-order valence-electron chi connectivity index (χ2n) is 4.99. The van der Waals surface area contributed by atoms with Crippen molar-refractivity contribution in [1.29, 1.82) is 0 Å². The fourth-order valence-corrected chi connectivity index (χ4v) is 3.09. The molecule has 1 amide bonds. The van der Waals surface area contributed by atoms with E-state index in [1.807, 2.05) is 19.9 Å². The van der Waals surface area contributed by atoms with E-state index in [1.54, 1.807) is 0 Å². The smallest absolute Gasteiger partial charge is 0.233 e. The molecule has 1 aliphatic heterocycles. The van der Waals surface area contributed by atoms with E-state index in [0.717, 1.165) is 10.5 Å². The summed E-state index contributed by atoms with van der Waals surface area (Å²) in [5, 5.41) is 18.9. The second kappa shape index (κ2) is 5.94. The molecule has 2 N–H and O–H groups in total. The van der Waals surface area contributed by atoms with Crippen LogP contribution in [-0.4, -0.2) is 52.1 Å². The van der Waals surface area contributed by atoms with Gasteiger partial charge in [0.2, 0.25) is 5.91 Å². The largest absolute Gasteiger partial charge is 0.388 e. The molecule has 0 saturated carbocycles. The maximum Gasteiger partial charge on any atom is 0.233 e. The minimum atomic E-state index is -0.811. The normalized spacial score (nSPS) is 22.8. The molecule has 4 nitrogen and oxygen atoms in total. The number of β-amino-alcohol motifs (C(OH)–C–C–N with tert-alkyl or cyclic N) is 2. The first-order chi connectivity index (χ1) is 8.97. The Labute approximate surface area is 117 Å². The Bertz CT molecular complexity index is 468. The first-order valence-electron chi connectivity index (χ1n) is 6.31. The van der Waals surface area contributed by atoms with Crippen LogP contribution >= 0.6 is 11.8 Å². The van der Waals surface area contributed by atoms with Crippen LogP contribution in [0.3, 0.4) is 0 Å². The molecule has 0 aliphatic carbocycles. The topological polar surface area (TPSA) is 60.8 Å². The average Bonchev–Trinajstić information content (AvgIpc) is 2.70. The van der Waals surface area contributed by atoms with Gasteiger partial charge in [-0.25, -0.2) is 0 Å². The predicted octanol–water partition coefficient (Wildman–Crippen LogP) is 0.960. The Balaban J connectivity index is 1.92. The summed E-state index contributed by atoms with van der Waals surface area (Å²) in [5.41, 5.74) is 2.33. The molecule has 1 heterocycles. The highest BCUT2D eigenvalue weighted by Crippen LogP contribution is 2.24. The molecule has 1 saturated heterocycles. The monoisotopic (exact) mass is 281 g/mol. The third kappa shape index (κ3) is 3.49. The standard InChI is InChI=1S/C14H19NO3S/c1-9-3-4-10(2)13(5-9)19-8-14(18)15-6-11(16)12(17)7-15/h3-5,11-12,16-17H,6-8H2,1-2H3. The fourth-order valence-electron chi connectivity index (χ4n) is 2.07. The van der Waals surface area contributed by atoms with Crippen molar-refractivity contribution in [2.75, 3.05) is 18.8 Å². The number of carbonyl (C=O) groups is 1. The quantitative estimate of drug-likeness (QED) is 0.810. The molecule has 0 aromatic heterocycles. The average molecular weight is 281 g/mol. The van der Waals surface area contributed by atoms with E-state index in [2.05, 4.69) is 12.1 Å². The van der Waals surface area contributed by atoms with Gasteiger partial charge >= 0.3 is 0 Å². The molecule has 5 heteroatoms. The zero-order valence-corrected chi connectivity index (χ0v) is 12.0. The SMILES string of the molecule is Cc1ccc(C)c(SCC(=O)N2CC(O)C(O)C2)c1. The summed E-state index contributed by atoms with van der Waals surface area (Å²) >= 11 is 1.50. The van der Waals surface area contributed by atoms with Crippen molar-refractivity contribution in [3.05, 3.63) is 29.3 Å². The van der Waals surface area contributed by atoms with Gasteiger partial charge < -0.3 is 15.1 Å². The number of likely N-dealkylation sites (tertiary alicyclic amines) is 1. The molecule has 19 heavy (non-hydrogen) atoms. The number of aliphatic hydroxyl groups is 2. The molecule has 104 valence electrons. The summed E-state index contributed by atoms with van der Waals surface area (Å²) in [6.45, 7) is 4.51. The third-order valence-corrected chi connectivity index (χ3v) is 4.45. The van der Waals surface area contributed by atoms with Gasteiger partial charge in [0.15, 0.2) is 0 Å². The van der Waals surface area contributed by atoms with Crippen molar-refractivity contribution >= 4 is 17.7 Å². The Morgan fingerprint density at radius 1 is 1.32 bits per heavy atom. The Morgan fingerprint density at radius 2 is 1.95 bits per heavy atom. The molecule has 1 aromatic carbocycles. The van der Waals surface area contributed by atoms with Crippen LogP contribution in [0.4, 0.5) is 0 Å². The number of aryl methyl sites for hydroxylation is 2. The molecule has 1 fully saturated rings. The lowest BCUT2D eigenvalue weighted by Gasteiger charge is -2.15. The lowest BCUT2D eigenvalue weighted by molar-refractivity contribution is -0.127. The molecular formula is C14H19NO3S. The number of amides is 1. The number of aliphatic hydroxyl groups excluding tert-OH is 2. The van der Waals surface area contributed by atoms with E-state index >= 15 is 0 Å². The number of hydrogen-bond acceptors (Lipinski definition) is 4. The van der Waals surface area contributed by atoms with Crippen molar-refractivity contribution < 1.29 is 15.0 Å². The minimum absolute atomic E-state index is 0.0403. The fraction of sp³-hybridized carbons (Fsp3) is 0.500. The first kappa shape index (κ1) is 14.4. The van der Waals surface area contributed by atoms with E-state index in [0.29, 0.717) is 5.75 Å². The molecule has 0 bridgehead atoms. The van der Waals surface area contributed by atoms with Gasteiger partial charge in [-0.3, -0.25) is 4.79 Å². The second-order valence-corrected chi connectivity index (χ2v) is 6.01. The van der Waals surface area contributed by atoms with Gasteiger partial charge in [-0.2, -0.15) is 0 Å². The number of carbonyl (C=O) groups excluding carboxylic acids is 1. The lowest BCUT2D eigenvalue weighted by atomic mass is 10.2. The molecular weight excluding hydrogens is 262 g/mol. The molecule has 2 atom stereocenters. The summed E-state index contributed by atoms with van der Waals surface area (Å²) < 4.78 is 0. The van der Waals surface area contributed by atoms with Crippen molar-refractivity contribution in [2.45, 2.75) is 31.0 Å². The number of thioether (sulfide) groups is 1. The highest BCUT2D eigenvalue weighted by Gasteiger charge is 2.32. The van der Waals surface area contributed by atoms with Crippen LogP contribution in [0.15, 0.2) is 23.1 Å². The number of hydrogen-bond donors (Lipinski definition) is 2. The van der Waals surface area contributed by atoms with Crippen molar-refractivity contribution in [3.8, 4) is 0 Å². The molecule has 0 spiro atoms. The zero-order chi connectivity index (χ0) is 14.0. The maximum absolute atomic E-state index is 12.0. The van der Waals surface area contributed by atoms with Crippen LogP contribution in [-0.2, 0) is 4.79 Å². The Morgan fingerprint density at radius 3 is 2.58 bits per heavy atom. The number of benzene rings is 1. The van der Waals surface area contributed by atoms with E-state index < -0.39 is 12.2 Å². The van der Waals surface area contributed by atoms with E-state index in [1.165, 1.54) is 22.2 Å². The summed E-state index contributed by atoms with van der Waals surface area (Å²) in [6.07, 6.45) is -1.62. The molecule has 2 unspecified atom stereocenters. The van der Waals surface area contributed by atoms with E-state index in [-0.39, 0.29) is 19.0 Å². The molecule has 0 radical (unpaired) electrons. The minimum Gasteiger partial charge on any atom is -0.388 e. The maximum atomic E-state index is 12.0. The highest BCUT2D eigenvalue weighted by atomic mass is 32.2. The molecule has 2 rings (SSSR count). The van der Waals surface area contributed by atoms with Gasteiger partial charge in [0.05, 0.1) is 18.0 Å². The van der Waals surface area contributed by atoms with Crippen LogP contribution in [0.5, 0.6) is 0 Å². The van der Waals surface area contributed by atoms with Gasteiger partial charge in [-0.05, 0) is 25.5 Å². The molecule has 1 aromatic rings.